The first kappa shape index (κ1) is 13.6. The van der Waals surface area contributed by atoms with Crippen LogP contribution in [0.1, 0.15) is 31.3 Å². The van der Waals surface area contributed by atoms with Crippen LogP contribution in [-0.2, 0) is 13.0 Å². The van der Waals surface area contributed by atoms with Crippen molar-refractivity contribution >= 4 is 0 Å². The van der Waals surface area contributed by atoms with E-state index < -0.39 is 0 Å². The van der Waals surface area contributed by atoms with Crippen molar-refractivity contribution in [1.29, 1.82) is 0 Å². The Bertz CT molecular complexity index is 537. The van der Waals surface area contributed by atoms with Crippen LogP contribution in [0.15, 0.2) is 24.8 Å². The monoisotopic (exact) mass is 263 g/mol. The molecule has 19 heavy (non-hydrogen) atoms. The molecule has 1 atom stereocenters. The Balaban J connectivity index is 2.10. The first-order valence-corrected chi connectivity index (χ1v) is 6.29. The molecular weight excluding hydrogens is 245 g/mol. The normalized spacial score (nSPS) is 12.9. The van der Waals surface area contributed by atoms with Crippen LogP contribution in [-0.4, -0.2) is 19.7 Å². The molecule has 2 rings (SSSR count). The fourth-order valence-electron chi connectivity index (χ4n) is 1.89. The lowest BCUT2D eigenvalue weighted by Crippen LogP contribution is -2.18. The van der Waals surface area contributed by atoms with Crippen molar-refractivity contribution in [3.8, 4) is 0 Å². The Kier molecular flexibility index (Phi) is 4.21. The average Bonchev–Trinajstić information content (AvgIpc) is 2.75. The molecule has 5 nitrogen and oxygen atoms in total. The second kappa shape index (κ2) is 5.88. The third-order valence-corrected chi connectivity index (χ3v) is 2.79. The van der Waals surface area contributed by atoms with Crippen molar-refractivity contribution in [2.24, 2.45) is 11.7 Å². The second-order valence-corrected chi connectivity index (χ2v) is 5.00. The lowest BCUT2D eigenvalue weighted by molar-refractivity contribution is 0.459. The Labute approximate surface area is 111 Å². The number of nitrogens with zero attached hydrogens (tertiary/aromatic N) is 4. The van der Waals surface area contributed by atoms with E-state index in [-0.39, 0.29) is 11.9 Å². The fraction of sp³-hybridized carbons (Fsp3) is 0.462. The van der Waals surface area contributed by atoms with Crippen LogP contribution in [0.3, 0.4) is 0 Å². The molecule has 1 unspecified atom stereocenters. The largest absolute Gasteiger partial charge is 0.324 e. The third kappa shape index (κ3) is 3.57. The van der Waals surface area contributed by atoms with Gasteiger partial charge in [0.25, 0.3) is 0 Å². The van der Waals surface area contributed by atoms with E-state index in [1.54, 1.807) is 6.20 Å². The number of halogens is 1. The maximum absolute atomic E-state index is 13.1. The summed E-state index contributed by atoms with van der Waals surface area (Å²) in [4.78, 5) is 8.02. The van der Waals surface area contributed by atoms with Gasteiger partial charge >= 0.3 is 0 Å². The summed E-state index contributed by atoms with van der Waals surface area (Å²) in [5, 5.41) is 4.18. The van der Waals surface area contributed by atoms with Gasteiger partial charge in [0.15, 0.2) is 0 Å². The fourth-order valence-corrected chi connectivity index (χ4v) is 1.89. The van der Waals surface area contributed by atoms with Crippen LogP contribution in [0, 0.1) is 11.7 Å². The number of hydrogen-bond acceptors (Lipinski definition) is 4. The van der Waals surface area contributed by atoms with E-state index >= 15 is 0 Å². The average molecular weight is 263 g/mol. The molecule has 0 saturated carbocycles. The van der Waals surface area contributed by atoms with Gasteiger partial charge in [0.1, 0.15) is 18.0 Å². The lowest BCUT2D eigenvalue weighted by Gasteiger charge is -2.13. The van der Waals surface area contributed by atoms with Crippen molar-refractivity contribution in [3.05, 3.63) is 42.0 Å². The molecule has 0 amide bonds. The van der Waals surface area contributed by atoms with E-state index in [9.17, 15) is 4.39 Å². The van der Waals surface area contributed by atoms with Crippen molar-refractivity contribution in [3.63, 3.8) is 0 Å². The van der Waals surface area contributed by atoms with E-state index in [1.807, 2.05) is 4.68 Å². The van der Waals surface area contributed by atoms with Gasteiger partial charge in [0.2, 0.25) is 0 Å². The molecule has 0 spiro atoms. The number of nitrogens with two attached hydrogens (primary N) is 1. The zero-order valence-corrected chi connectivity index (χ0v) is 11.1. The Hall–Kier alpha value is -1.82. The van der Waals surface area contributed by atoms with Gasteiger partial charge in [-0.25, -0.2) is 14.1 Å². The van der Waals surface area contributed by atoms with Crippen LogP contribution < -0.4 is 5.73 Å². The van der Waals surface area contributed by atoms with Gasteiger partial charge in [-0.05, 0) is 17.5 Å². The highest BCUT2D eigenvalue weighted by Gasteiger charge is 2.13. The van der Waals surface area contributed by atoms with Crippen LogP contribution >= 0.6 is 0 Å². The molecule has 2 aromatic heterocycles. The van der Waals surface area contributed by atoms with E-state index in [1.165, 1.54) is 12.4 Å². The Morgan fingerprint density at radius 3 is 2.84 bits per heavy atom. The number of hydrogen-bond donors (Lipinski definition) is 1. The lowest BCUT2D eigenvalue weighted by atomic mass is 10.1. The van der Waals surface area contributed by atoms with Gasteiger partial charge in [-0.2, -0.15) is 5.10 Å². The van der Waals surface area contributed by atoms with E-state index in [0.29, 0.717) is 17.9 Å². The Morgan fingerprint density at radius 1 is 1.37 bits per heavy atom. The van der Waals surface area contributed by atoms with Crippen molar-refractivity contribution in [1.82, 2.24) is 19.7 Å². The molecule has 0 fully saturated rings. The van der Waals surface area contributed by atoms with Gasteiger partial charge in [-0.3, -0.25) is 4.98 Å². The zero-order chi connectivity index (χ0) is 13.8. The van der Waals surface area contributed by atoms with Crippen molar-refractivity contribution in [2.45, 2.75) is 32.9 Å². The molecule has 0 aliphatic carbocycles. The minimum absolute atomic E-state index is 0.335. The molecule has 6 heteroatoms. The van der Waals surface area contributed by atoms with E-state index in [4.69, 9.17) is 5.73 Å². The van der Waals surface area contributed by atoms with Crippen LogP contribution in [0.5, 0.6) is 0 Å². The summed E-state index contributed by atoms with van der Waals surface area (Å²) in [6, 6.07) is 1.07. The molecule has 0 aromatic carbocycles. The van der Waals surface area contributed by atoms with Crippen LogP contribution in [0.4, 0.5) is 4.39 Å². The molecule has 0 radical (unpaired) electrons. The summed E-state index contributed by atoms with van der Waals surface area (Å²) in [6.07, 6.45) is 4.78. The number of aromatic nitrogens is 4. The quantitative estimate of drug-likeness (QED) is 0.891. The highest BCUT2D eigenvalue weighted by atomic mass is 19.1. The summed E-state index contributed by atoms with van der Waals surface area (Å²) < 4.78 is 15.0. The minimum atomic E-state index is -0.378. The maximum Gasteiger partial charge on any atom is 0.141 e. The highest BCUT2D eigenvalue weighted by Crippen LogP contribution is 2.15. The van der Waals surface area contributed by atoms with Crippen LogP contribution in [0.2, 0.25) is 0 Å². The predicted molar refractivity (Wildman–Crippen MR) is 69.7 cm³/mol. The maximum atomic E-state index is 13.1. The first-order valence-electron chi connectivity index (χ1n) is 6.29. The SMILES string of the molecule is CC(C)Cn1ncnc1CC(N)c1cncc(F)c1. The van der Waals surface area contributed by atoms with Gasteiger partial charge < -0.3 is 5.73 Å². The van der Waals surface area contributed by atoms with E-state index in [2.05, 4.69) is 28.9 Å². The van der Waals surface area contributed by atoms with Gasteiger partial charge in [-0.15, -0.1) is 0 Å². The summed E-state index contributed by atoms with van der Waals surface area (Å²) in [6.45, 7) is 5.02. The molecule has 2 heterocycles. The molecule has 0 saturated heterocycles. The molecule has 2 N–H and O–H groups in total. The molecular formula is C13H18FN5. The van der Waals surface area contributed by atoms with Crippen molar-refractivity contribution in [2.75, 3.05) is 0 Å². The minimum Gasteiger partial charge on any atom is -0.324 e. The Morgan fingerprint density at radius 2 is 2.16 bits per heavy atom. The van der Waals surface area contributed by atoms with E-state index in [0.717, 1.165) is 18.6 Å². The summed E-state index contributed by atoms with van der Waals surface area (Å²) in [7, 11) is 0. The van der Waals surface area contributed by atoms with Gasteiger partial charge in [-0.1, -0.05) is 13.8 Å². The summed E-state index contributed by atoms with van der Waals surface area (Å²) >= 11 is 0. The highest BCUT2D eigenvalue weighted by molar-refractivity contribution is 5.16. The molecule has 2 aromatic rings. The summed E-state index contributed by atoms with van der Waals surface area (Å²) in [5.74, 6) is 0.912. The molecule has 102 valence electrons. The topological polar surface area (TPSA) is 69.6 Å². The van der Waals surface area contributed by atoms with Gasteiger partial charge in [0.05, 0.1) is 6.20 Å². The zero-order valence-electron chi connectivity index (χ0n) is 11.1. The third-order valence-electron chi connectivity index (χ3n) is 2.79. The molecule has 0 bridgehead atoms. The molecule has 0 aliphatic heterocycles. The molecule has 0 aliphatic rings. The smallest absolute Gasteiger partial charge is 0.141 e. The second-order valence-electron chi connectivity index (χ2n) is 5.00. The number of rotatable bonds is 5. The first-order chi connectivity index (χ1) is 9.06. The summed E-state index contributed by atoms with van der Waals surface area (Å²) in [5.41, 5.74) is 6.73. The van der Waals surface area contributed by atoms with Crippen molar-refractivity contribution < 1.29 is 4.39 Å². The van der Waals surface area contributed by atoms with Gasteiger partial charge in [0, 0.05) is 25.2 Å². The predicted octanol–water partition coefficient (Wildman–Crippen LogP) is 1.71. The number of pyridine rings is 1. The standard InChI is InChI=1S/C13H18FN5/c1-9(2)7-19-13(17-8-18-19)4-12(15)10-3-11(14)6-16-5-10/h3,5-6,8-9,12H,4,7,15H2,1-2H3. The van der Waals surface area contributed by atoms with Crippen LogP contribution in [0.25, 0.3) is 0 Å².